The van der Waals surface area contributed by atoms with Crippen LogP contribution in [0.15, 0.2) is 0 Å². The highest BCUT2D eigenvalue weighted by molar-refractivity contribution is 14.1. The van der Waals surface area contributed by atoms with Crippen molar-refractivity contribution in [3.8, 4) is 0 Å². The van der Waals surface area contributed by atoms with Gasteiger partial charge in [-0.2, -0.15) is 0 Å². The van der Waals surface area contributed by atoms with Gasteiger partial charge in [0.2, 0.25) is 0 Å². The lowest BCUT2D eigenvalue weighted by Gasteiger charge is -2.04. The number of rotatable bonds is 12. The van der Waals surface area contributed by atoms with Crippen molar-refractivity contribution < 1.29 is 9.47 Å². The molecule has 0 rings (SSSR count). The maximum absolute atomic E-state index is 5.46. The monoisotopic (exact) mass is 328 g/mol. The van der Waals surface area contributed by atoms with E-state index in [0.717, 1.165) is 30.9 Å². The van der Waals surface area contributed by atoms with E-state index in [9.17, 15) is 0 Å². The standard InChI is InChI=1S/C12H25IO2/c1-2-3-4-5-6-7-9-14-11-12-15-10-8-13/h2-12H2,1H3. The van der Waals surface area contributed by atoms with E-state index in [4.69, 9.17) is 9.47 Å². The average Bonchev–Trinajstić information content (AvgIpc) is 2.26. The van der Waals surface area contributed by atoms with Crippen molar-refractivity contribution in [1.29, 1.82) is 0 Å². The summed E-state index contributed by atoms with van der Waals surface area (Å²) in [6.45, 7) is 5.50. The van der Waals surface area contributed by atoms with E-state index in [1.54, 1.807) is 0 Å². The number of hydrogen-bond donors (Lipinski definition) is 0. The van der Waals surface area contributed by atoms with E-state index in [0.29, 0.717) is 0 Å². The molecule has 0 heterocycles. The van der Waals surface area contributed by atoms with Crippen LogP contribution in [0.3, 0.4) is 0 Å². The Balaban J connectivity index is 2.81. The summed E-state index contributed by atoms with van der Waals surface area (Å²) < 4.78 is 11.8. The van der Waals surface area contributed by atoms with Crippen LogP contribution in [0.4, 0.5) is 0 Å². The Morgan fingerprint density at radius 3 is 2.00 bits per heavy atom. The minimum atomic E-state index is 0.749. The predicted octanol–water partition coefficient (Wildman–Crippen LogP) is 3.82. The van der Waals surface area contributed by atoms with E-state index in [1.807, 2.05) is 0 Å². The number of unbranched alkanes of at least 4 members (excludes halogenated alkanes) is 5. The molecule has 0 N–H and O–H groups in total. The second-order valence-corrected chi connectivity index (χ2v) is 4.76. The van der Waals surface area contributed by atoms with Gasteiger partial charge in [0.15, 0.2) is 0 Å². The first-order valence-electron chi connectivity index (χ1n) is 6.13. The van der Waals surface area contributed by atoms with Crippen LogP contribution in [0.1, 0.15) is 45.4 Å². The summed E-state index contributed by atoms with van der Waals surface area (Å²) in [5, 5.41) is 0. The SMILES string of the molecule is CCCCCCCCOCCOCCI. The van der Waals surface area contributed by atoms with Crippen LogP contribution in [0.25, 0.3) is 0 Å². The quantitative estimate of drug-likeness (QED) is 0.308. The summed E-state index contributed by atoms with van der Waals surface area (Å²) in [5.74, 6) is 0. The molecule has 0 aromatic rings. The molecular weight excluding hydrogens is 303 g/mol. The third-order valence-electron chi connectivity index (χ3n) is 2.24. The first-order chi connectivity index (χ1) is 7.41. The molecule has 0 radical (unpaired) electrons. The van der Waals surface area contributed by atoms with Crippen molar-refractivity contribution in [1.82, 2.24) is 0 Å². The highest BCUT2D eigenvalue weighted by Gasteiger charge is 1.91. The van der Waals surface area contributed by atoms with E-state index >= 15 is 0 Å². The van der Waals surface area contributed by atoms with Crippen molar-refractivity contribution in [2.45, 2.75) is 45.4 Å². The van der Waals surface area contributed by atoms with Crippen molar-refractivity contribution in [3.63, 3.8) is 0 Å². The molecule has 0 fully saturated rings. The van der Waals surface area contributed by atoms with Gasteiger partial charge in [0.05, 0.1) is 19.8 Å². The highest BCUT2D eigenvalue weighted by atomic mass is 127. The summed E-state index contributed by atoms with van der Waals surface area (Å²) in [4.78, 5) is 0. The smallest absolute Gasteiger partial charge is 0.0700 e. The van der Waals surface area contributed by atoms with Crippen molar-refractivity contribution in [2.24, 2.45) is 0 Å². The summed E-state index contributed by atoms with van der Waals surface area (Å²) in [6, 6.07) is 0. The van der Waals surface area contributed by atoms with Crippen LogP contribution in [-0.4, -0.2) is 30.9 Å². The predicted molar refractivity (Wildman–Crippen MR) is 73.9 cm³/mol. The van der Waals surface area contributed by atoms with Crippen LogP contribution in [0.2, 0.25) is 0 Å². The number of alkyl halides is 1. The number of hydrogen-bond acceptors (Lipinski definition) is 2. The molecule has 0 bridgehead atoms. The fourth-order valence-corrected chi connectivity index (χ4v) is 1.67. The second-order valence-electron chi connectivity index (χ2n) is 3.68. The zero-order valence-corrected chi connectivity index (χ0v) is 12.1. The Hall–Kier alpha value is 0.650. The molecule has 3 heteroatoms. The first-order valence-corrected chi connectivity index (χ1v) is 7.65. The molecule has 0 aliphatic heterocycles. The molecule has 0 aromatic heterocycles. The maximum Gasteiger partial charge on any atom is 0.0700 e. The first kappa shape index (κ1) is 15.7. The molecule has 92 valence electrons. The fraction of sp³-hybridized carbons (Fsp3) is 1.00. The minimum Gasteiger partial charge on any atom is -0.379 e. The zero-order valence-electron chi connectivity index (χ0n) is 9.97. The molecule has 0 atom stereocenters. The molecule has 0 aromatic carbocycles. The zero-order chi connectivity index (χ0) is 11.2. The molecule has 0 saturated heterocycles. The lowest BCUT2D eigenvalue weighted by molar-refractivity contribution is 0.0527. The number of ether oxygens (including phenoxy) is 2. The van der Waals surface area contributed by atoms with Gasteiger partial charge >= 0.3 is 0 Å². The molecule has 15 heavy (non-hydrogen) atoms. The largest absolute Gasteiger partial charge is 0.379 e. The van der Waals surface area contributed by atoms with Crippen molar-refractivity contribution >= 4 is 22.6 Å². The lowest BCUT2D eigenvalue weighted by atomic mass is 10.1. The lowest BCUT2D eigenvalue weighted by Crippen LogP contribution is -2.06. The summed E-state index contributed by atoms with van der Waals surface area (Å²) >= 11 is 2.31. The van der Waals surface area contributed by atoms with Gasteiger partial charge in [0.1, 0.15) is 0 Å². The van der Waals surface area contributed by atoms with Gasteiger partial charge in [-0.05, 0) is 6.42 Å². The topological polar surface area (TPSA) is 18.5 Å². The summed E-state index contributed by atoms with van der Waals surface area (Å²) in [7, 11) is 0. The highest BCUT2D eigenvalue weighted by Crippen LogP contribution is 2.04. The van der Waals surface area contributed by atoms with E-state index in [1.165, 1.54) is 38.5 Å². The summed E-state index contributed by atoms with van der Waals surface area (Å²) in [6.07, 6.45) is 7.97. The Labute approximate surface area is 108 Å². The Bertz CT molecular complexity index is 97.8. The van der Waals surface area contributed by atoms with Crippen LogP contribution < -0.4 is 0 Å². The summed E-state index contributed by atoms with van der Waals surface area (Å²) in [5.41, 5.74) is 0. The molecule has 0 aliphatic rings. The third-order valence-corrected chi connectivity index (χ3v) is 2.68. The molecule has 0 aliphatic carbocycles. The Kier molecular flexibility index (Phi) is 15.3. The van der Waals surface area contributed by atoms with Gasteiger partial charge in [-0.25, -0.2) is 0 Å². The van der Waals surface area contributed by atoms with Gasteiger partial charge < -0.3 is 9.47 Å². The van der Waals surface area contributed by atoms with Gasteiger partial charge in [-0.3, -0.25) is 0 Å². The van der Waals surface area contributed by atoms with Gasteiger partial charge in [0.25, 0.3) is 0 Å². The minimum absolute atomic E-state index is 0.749. The van der Waals surface area contributed by atoms with E-state index < -0.39 is 0 Å². The van der Waals surface area contributed by atoms with Crippen LogP contribution in [0, 0.1) is 0 Å². The molecular formula is C12H25IO2. The Morgan fingerprint density at radius 2 is 1.33 bits per heavy atom. The van der Waals surface area contributed by atoms with Gasteiger partial charge in [0, 0.05) is 11.0 Å². The third kappa shape index (κ3) is 14.7. The fourth-order valence-electron chi connectivity index (χ4n) is 1.36. The molecule has 2 nitrogen and oxygen atoms in total. The molecule has 0 spiro atoms. The maximum atomic E-state index is 5.46. The molecule has 0 saturated carbocycles. The molecule has 0 amide bonds. The van der Waals surface area contributed by atoms with Crippen molar-refractivity contribution in [3.05, 3.63) is 0 Å². The van der Waals surface area contributed by atoms with Gasteiger partial charge in [-0.15, -0.1) is 0 Å². The van der Waals surface area contributed by atoms with E-state index in [2.05, 4.69) is 29.5 Å². The van der Waals surface area contributed by atoms with Gasteiger partial charge in [-0.1, -0.05) is 61.6 Å². The van der Waals surface area contributed by atoms with Crippen LogP contribution in [-0.2, 0) is 9.47 Å². The second kappa shape index (κ2) is 14.6. The Morgan fingerprint density at radius 1 is 0.733 bits per heavy atom. The van der Waals surface area contributed by atoms with Crippen LogP contribution in [0.5, 0.6) is 0 Å². The molecule has 0 unspecified atom stereocenters. The van der Waals surface area contributed by atoms with E-state index in [-0.39, 0.29) is 0 Å². The van der Waals surface area contributed by atoms with Crippen LogP contribution >= 0.6 is 22.6 Å². The average molecular weight is 328 g/mol. The van der Waals surface area contributed by atoms with Crippen molar-refractivity contribution in [2.75, 3.05) is 30.9 Å². The normalized spacial score (nSPS) is 10.8. The number of halogens is 1.